The van der Waals surface area contributed by atoms with E-state index in [4.69, 9.17) is 28.9 Å². The number of guanidine groups is 1. The molecular formula is C15H19Cl2N7S. The fourth-order valence-corrected chi connectivity index (χ4v) is 3.63. The van der Waals surface area contributed by atoms with Crippen LogP contribution >= 0.6 is 34.5 Å². The minimum atomic E-state index is 0.489. The number of rotatable bonds is 5. The summed E-state index contributed by atoms with van der Waals surface area (Å²) >= 11 is 13.5. The van der Waals surface area contributed by atoms with Crippen molar-refractivity contribution in [2.24, 2.45) is 10.7 Å². The quantitative estimate of drug-likeness (QED) is 0.456. The molecule has 0 aromatic carbocycles. The zero-order chi connectivity index (χ0) is 17.6. The van der Waals surface area contributed by atoms with Crippen LogP contribution in [0.5, 0.6) is 0 Å². The minimum Gasteiger partial charge on any atom is -0.370 e. The molecule has 1 aliphatic heterocycles. The Morgan fingerprint density at radius 1 is 1.28 bits per heavy atom. The highest BCUT2D eigenvalue weighted by molar-refractivity contribution is 7.13. The van der Waals surface area contributed by atoms with Gasteiger partial charge in [0.1, 0.15) is 5.82 Å². The average molecular weight is 400 g/mol. The fourth-order valence-electron chi connectivity index (χ4n) is 2.49. The largest absolute Gasteiger partial charge is 0.370 e. The van der Waals surface area contributed by atoms with E-state index in [9.17, 15) is 0 Å². The van der Waals surface area contributed by atoms with Crippen molar-refractivity contribution in [3.05, 3.63) is 33.9 Å². The Morgan fingerprint density at radius 3 is 2.76 bits per heavy atom. The topological polar surface area (TPSA) is 82.7 Å². The number of aliphatic imine (C=N–C) groups is 1. The maximum atomic E-state index is 6.10. The molecule has 0 radical (unpaired) electrons. The summed E-state index contributed by atoms with van der Waals surface area (Å²) in [4.78, 5) is 17.3. The molecule has 10 heteroatoms. The van der Waals surface area contributed by atoms with E-state index in [-0.39, 0.29) is 0 Å². The van der Waals surface area contributed by atoms with E-state index < -0.39 is 0 Å². The molecule has 3 heterocycles. The fraction of sp³-hybridized carbons (Fsp3) is 0.400. The SMILES string of the molecule is NC(=NCCNc1ncc(Cl)cc1Cl)N1CCN(c2nccs2)CC1. The van der Waals surface area contributed by atoms with Gasteiger partial charge in [0, 0.05) is 50.5 Å². The third kappa shape index (κ3) is 4.87. The third-order valence-corrected chi connectivity index (χ3v) is 5.11. The van der Waals surface area contributed by atoms with Crippen molar-refractivity contribution in [2.75, 3.05) is 49.5 Å². The number of nitrogens with two attached hydrogens (primary N) is 1. The highest BCUT2D eigenvalue weighted by Crippen LogP contribution is 2.22. The van der Waals surface area contributed by atoms with Crippen LogP contribution in [-0.4, -0.2) is 60.1 Å². The van der Waals surface area contributed by atoms with Gasteiger partial charge in [-0.3, -0.25) is 4.99 Å². The molecule has 7 nitrogen and oxygen atoms in total. The second kappa shape index (κ2) is 8.55. The van der Waals surface area contributed by atoms with E-state index in [1.54, 1.807) is 23.6 Å². The number of pyridine rings is 1. The first-order chi connectivity index (χ1) is 12.1. The number of nitrogens with zero attached hydrogens (tertiary/aromatic N) is 5. The average Bonchev–Trinajstić information content (AvgIpc) is 3.15. The van der Waals surface area contributed by atoms with Gasteiger partial charge in [-0.2, -0.15) is 0 Å². The van der Waals surface area contributed by atoms with Gasteiger partial charge in [-0.25, -0.2) is 9.97 Å². The number of thiazole rings is 1. The summed E-state index contributed by atoms with van der Waals surface area (Å²) < 4.78 is 0. The van der Waals surface area contributed by atoms with Gasteiger partial charge in [0.2, 0.25) is 0 Å². The van der Waals surface area contributed by atoms with Crippen LogP contribution in [0.2, 0.25) is 10.0 Å². The second-order valence-electron chi connectivity index (χ2n) is 5.44. The van der Waals surface area contributed by atoms with Crippen molar-refractivity contribution in [3.63, 3.8) is 0 Å². The highest BCUT2D eigenvalue weighted by atomic mass is 35.5. The summed E-state index contributed by atoms with van der Waals surface area (Å²) in [5.74, 6) is 1.16. The lowest BCUT2D eigenvalue weighted by molar-refractivity contribution is 0.381. The normalized spacial score (nSPS) is 15.5. The first kappa shape index (κ1) is 18.0. The van der Waals surface area contributed by atoms with Gasteiger partial charge in [-0.15, -0.1) is 11.3 Å². The van der Waals surface area contributed by atoms with Crippen LogP contribution in [0.1, 0.15) is 0 Å². The molecule has 1 fully saturated rings. The summed E-state index contributed by atoms with van der Waals surface area (Å²) in [6, 6.07) is 1.65. The van der Waals surface area contributed by atoms with E-state index in [2.05, 4.69) is 30.1 Å². The van der Waals surface area contributed by atoms with Crippen LogP contribution in [0.25, 0.3) is 0 Å². The van der Waals surface area contributed by atoms with Crippen LogP contribution in [-0.2, 0) is 0 Å². The number of halogens is 2. The summed E-state index contributed by atoms with van der Waals surface area (Å²) in [7, 11) is 0. The Kier molecular flexibility index (Phi) is 6.17. The molecule has 0 atom stereocenters. The van der Waals surface area contributed by atoms with E-state index in [0.29, 0.717) is 34.9 Å². The first-order valence-corrected chi connectivity index (χ1v) is 9.51. The molecule has 3 N–H and O–H groups in total. The number of piperazine rings is 1. The van der Waals surface area contributed by atoms with Crippen LogP contribution in [0.3, 0.4) is 0 Å². The van der Waals surface area contributed by atoms with Crippen molar-refractivity contribution in [1.29, 1.82) is 0 Å². The number of anilines is 2. The van der Waals surface area contributed by atoms with E-state index >= 15 is 0 Å². The van der Waals surface area contributed by atoms with E-state index in [1.165, 1.54) is 0 Å². The zero-order valence-corrected chi connectivity index (χ0v) is 15.9. The number of nitrogens with one attached hydrogen (secondary N) is 1. The van der Waals surface area contributed by atoms with Crippen molar-refractivity contribution < 1.29 is 0 Å². The summed E-state index contributed by atoms with van der Waals surface area (Å²) in [5, 5.41) is 7.18. The molecule has 134 valence electrons. The molecule has 0 amide bonds. The number of hydrogen-bond donors (Lipinski definition) is 2. The minimum absolute atomic E-state index is 0.489. The Labute approximate surface area is 160 Å². The summed E-state index contributed by atoms with van der Waals surface area (Å²) in [6.07, 6.45) is 3.38. The Bertz CT molecular complexity index is 715. The Hall–Kier alpha value is -1.77. The van der Waals surface area contributed by atoms with Gasteiger partial charge in [0.05, 0.1) is 16.6 Å². The lowest BCUT2D eigenvalue weighted by Gasteiger charge is -2.35. The molecule has 2 aromatic heterocycles. The van der Waals surface area contributed by atoms with Gasteiger partial charge in [0.25, 0.3) is 0 Å². The maximum absolute atomic E-state index is 6.10. The molecule has 3 rings (SSSR count). The van der Waals surface area contributed by atoms with Gasteiger partial charge in [-0.05, 0) is 6.07 Å². The third-order valence-electron chi connectivity index (χ3n) is 3.78. The molecule has 0 saturated carbocycles. The molecule has 2 aromatic rings. The summed E-state index contributed by atoms with van der Waals surface area (Å²) in [5.41, 5.74) is 6.10. The van der Waals surface area contributed by atoms with Crippen molar-refractivity contribution in [1.82, 2.24) is 14.9 Å². The zero-order valence-electron chi connectivity index (χ0n) is 13.5. The molecule has 1 saturated heterocycles. The second-order valence-corrected chi connectivity index (χ2v) is 7.16. The van der Waals surface area contributed by atoms with Crippen LogP contribution < -0.4 is 16.0 Å². The maximum Gasteiger partial charge on any atom is 0.191 e. The van der Waals surface area contributed by atoms with Crippen LogP contribution in [0.15, 0.2) is 28.8 Å². The molecule has 0 aliphatic carbocycles. The standard InChI is InChI=1S/C15H19Cl2N7S/c16-11-9-12(17)13(22-10-11)19-1-2-20-14(18)23-4-6-24(7-5-23)15-21-3-8-25-15/h3,8-10H,1-2,4-7H2,(H2,18,20)(H,19,22). The lowest BCUT2D eigenvalue weighted by atomic mass is 10.3. The molecular weight excluding hydrogens is 381 g/mol. The predicted octanol–water partition coefficient (Wildman–Crippen LogP) is 2.39. The van der Waals surface area contributed by atoms with Crippen LogP contribution in [0, 0.1) is 0 Å². The Morgan fingerprint density at radius 2 is 2.08 bits per heavy atom. The Balaban J connectivity index is 1.43. The molecule has 25 heavy (non-hydrogen) atoms. The number of hydrogen-bond acceptors (Lipinski definition) is 6. The molecule has 0 spiro atoms. The summed E-state index contributed by atoms with van der Waals surface area (Å²) in [6.45, 7) is 4.60. The number of aromatic nitrogens is 2. The highest BCUT2D eigenvalue weighted by Gasteiger charge is 2.19. The molecule has 0 unspecified atom stereocenters. The van der Waals surface area contributed by atoms with Gasteiger partial charge < -0.3 is 20.9 Å². The van der Waals surface area contributed by atoms with E-state index in [0.717, 1.165) is 31.3 Å². The predicted molar refractivity (Wildman–Crippen MR) is 105 cm³/mol. The van der Waals surface area contributed by atoms with E-state index in [1.807, 2.05) is 11.6 Å². The first-order valence-electron chi connectivity index (χ1n) is 7.87. The van der Waals surface area contributed by atoms with Crippen molar-refractivity contribution in [3.8, 4) is 0 Å². The van der Waals surface area contributed by atoms with Crippen molar-refractivity contribution >= 4 is 51.4 Å². The van der Waals surface area contributed by atoms with Gasteiger partial charge in [-0.1, -0.05) is 23.2 Å². The molecule has 1 aliphatic rings. The van der Waals surface area contributed by atoms with Crippen LogP contribution in [0.4, 0.5) is 10.9 Å². The van der Waals surface area contributed by atoms with Gasteiger partial charge >= 0.3 is 0 Å². The monoisotopic (exact) mass is 399 g/mol. The molecule has 0 bridgehead atoms. The lowest BCUT2D eigenvalue weighted by Crippen LogP contribution is -2.51. The van der Waals surface area contributed by atoms with Crippen molar-refractivity contribution in [2.45, 2.75) is 0 Å². The smallest absolute Gasteiger partial charge is 0.191 e. The van der Waals surface area contributed by atoms with Gasteiger partial charge in [0.15, 0.2) is 11.1 Å².